The molecule has 0 bridgehead atoms. The van der Waals surface area contributed by atoms with Crippen LogP contribution in [0, 0.1) is 0 Å². The van der Waals surface area contributed by atoms with Gasteiger partial charge in [0.25, 0.3) is 5.89 Å². The fourth-order valence-corrected chi connectivity index (χ4v) is 4.79. The first kappa shape index (κ1) is 18.8. The summed E-state index contributed by atoms with van der Waals surface area (Å²) in [5.74, 6) is 0.823. The fourth-order valence-electron chi connectivity index (χ4n) is 3.27. The number of nitrogens with zero attached hydrogens (tertiary/aromatic N) is 3. The van der Waals surface area contributed by atoms with Crippen LogP contribution >= 0.6 is 0 Å². The van der Waals surface area contributed by atoms with Crippen molar-refractivity contribution in [1.29, 1.82) is 0 Å². The first-order valence-electron chi connectivity index (χ1n) is 9.31. The number of rotatable bonds is 5. The number of hydrogen-bond donors (Lipinski definition) is 1. The molecule has 0 aliphatic carbocycles. The third kappa shape index (κ3) is 3.71. The predicted octanol–water partition coefficient (Wildman–Crippen LogP) is 3.04. The number of hydrogen-bond acceptors (Lipinski definition) is 6. The number of piperidine rings is 1. The van der Waals surface area contributed by atoms with Crippen molar-refractivity contribution in [2.75, 3.05) is 13.1 Å². The number of sulfonamides is 1. The molecule has 2 heterocycles. The zero-order valence-corrected chi connectivity index (χ0v) is 16.2. The average Bonchev–Trinajstić information content (AvgIpc) is 3.25. The third-order valence-electron chi connectivity index (χ3n) is 4.93. The first-order valence-corrected chi connectivity index (χ1v) is 10.8. The molecule has 3 aromatic rings. The molecule has 2 N–H and O–H groups in total. The third-order valence-corrected chi connectivity index (χ3v) is 6.84. The minimum absolute atomic E-state index is 0.287. The Balaban J connectivity index is 1.55. The minimum Gasteiger partial charge on any atom is -0.334 e. The average molecular weight is 398 g/mol. The van der Waals surface area contributed by atoms with E-state index in [1.807, 2.05) is 24.3 Å². The highest BCUT2D eigenvalue weighted by Gasteiger charge is 2.26. The Hall–Kier alpha value is -2.55. The molecule has 1 aliphatic rings. The van der Waals surface area contributed by atoms with E-state index in [4.69, 9.17) is 10.3 Å². The maximum absolute atomic E-state index is 12.7. The lowest BCUT2D eigenvalue weighted by molar-refractivity contribution is 0.346. The molecule has 7 nitrogen and oxygen atoms in total. The lowest BCUT2D eigenvalue weighted by atomic mass is 10.1. The molecule has 146 valence electrons. The lowest BCUT2D eigenvalue weighted by Crippen LogP contribution is -2.35. The van der Waals surface area contributed by atoms with E-state index in [0.717, 1.165) is 30.4 Å². The molecule has 2 aromatic carbocycles. The van der Waals surface area contributed by atoms with E-state index in [2.05, 4.69) is 10.1 Å². The van der Waals surface area contributed by atoms with Crippen LogP contribution in [-0.2, 0) is 16.6 Å². The lowest BCUT2D eigenvalue weighted by Gasteiger charge is -2.25. The number of aromatic nitrogens is 2. The van der Waals surface area contributed by atoms with Gasteiger partial charge < -0.3 is 10.3 Å². The standard InChI is InChI=1S/C20H22N4O3S/c21-14-15-4-6-16(7-5-15)19-22-20(27-23-19)17-8-10-18(11-9-17)28(25,26)24-12-2-1-3-13-24/h4-11H,1-3,12-14,21H2. The maximum Gasteiger partial charge on any atom is 0.258 e. The van der Waals surface area contributed by atoms with Gasteiger partial charge in [0.1, 0.15) is 0 Å². The summed E-state index contributed by atoms with van der Waals surface area (Å²) >= 11 is 0. The van der Waals surface area contributed by atoms with Crippen molar-refractivity contribution in [1.82, 2.24) is 14.4 Å². The molecule has 0 amide bonds. The van der Waals surface area contributed by atoms with Gasteiger partial charge in [0.2, 0.25) is 15.8 Å². The first-order chi connectivity index (χ1) is 13.6. The van der Waals surface area contributed by atoms with Crippen molar-refractivity contribution in [2.45, 2.75) is 30.7 Å². The highest BCUT2D eigenvalue weighted by Crippen LogP contribution is 2.26. The van der Waals surface area contributed by atoms with Crippen LogP contribution in [0.25, 0.3) is 22.8 Å². The zero-order chi connectivity index (χ0) is 19.6. The second-order valence-electron chi connectivity index (χ2n) is 6.81. The highest BCUT2D eigenvalue weighted by atomic mass is 32.2. The Morgan fingerprint density at radius 1 is 0.929 bits per heavy atom. The van der Waals surface area contributed by atoms with Crippen LogP contribution in [0.15, 0.2) is 57.9 Å². The van der Waals surface area contributed by atoms with Gasteiger partial charge in [-0.3, -0.25) is 0 Å². The SMILES string of the molecule is NCc1ccc(-c2noc(-c3ccc(S(=O)(=O)N4CCCCC4)cc3)n2)cc1. The van der Waals surface area contributed by atoms with E-state index < -0.39 is 10.0 Å². The number of nitrogens with two attached hydrogens (primary N) is 1. The summed E-state index contributed by atoms with van der Waals surface area (Å²) in [6.45, 7) is 1.64. The molecule has 1 fully saturated rings. The summed E-state index contributed by atoms with van der Waals surface area (Å²) in [4.78, 5) is 4.71. The molecule has 4 rings (SSSR count). The second kappa shape index (κ2) is 7.83. The van der Waals surface area contributed by atoms with Gasteiger partial charge >= 0.3 is 0 Å². The minimum atomic E-state index is -3.45. The van der Waals surface area contributed by atoms with Crippen LogP contribution < -0.4 is 5.73 Å². The van der Waals surface area contributed by atoms with E-state index in [1.54, 1.807) is 28.6 Å². The molecular formula is C20H22N4O3S. The summed E-state index contributed by atoms with van der Waals surface area (Å²) in [5, 5.41) is 4.02. The Bertz CT molecular complexity index is 1040. The van der Waals surface area contributed by atoms with Crippen molar-refractivity contribution in [3.8, 4) is 22.8 Å². The van der Waals surface area contributed by atoms with E-state index in [9.17, 15) is 8.42 Å². The smallest absolute Gasteiger partial charge is 0.258 e. The van der Waals surface area contributed by atoms with Crippen LogP contribution in [0.2, 0.25) is 0 Å². The van der Waals surface area contributed by atoms with Gasteiger partial charge in [-0.15, -0.1) is 0 Å². The van der Waals surface area contributed by atoms with E-state index in [0.29, 0.717) is 36.9 Å². The van der Waals surface area contributed by atoms with Crippen molar-refractivity contribution in [2.24, 2.45) is 5.73 Å². The molecule has 0 spiro atoms. The van der Waals surface area contributed by atoms with Gasteiger partial charge in [0, 0.05) is 30.8 Å². The Morgan fingerprint density at radius 3 is 2.21 bits per heavy atom. The van der Waals surface area contributed by atoms with Gasteiger partial charge in [0.05, 0.1) is 4.90 Å². The summed E-state index contributed by atoms with van der Waals surface area (Å²) in [6, 6.07) is 14.2. The molecule has 0 atom stereocenters. The highest BCUT2D eigenvalue weighted by molar-refractivity contribution is 7.89. The summed E-state index contributed by atoms with van der Waals surface area (Å²) in [6.07, 6.45) is 2.90. The largest absolute Gasteiger partial charge is 0.334 e. The molecule has 1 saturated heterocycles. The Kier molecular flexibility index (Phi) is 5.25. The summed E-state index contributed by atoms with van der Waals surface area (Å²) < 4.78 is 32.4. The molecule has 0 unspecified atom stereocenters. The van der Waals surface area contributed by atoms with E-state index in [1.165, 1.54) is 0 Å². The molecule has 0 radical (unpaired) electrons. The number of benzene rings is 2. The van der Waals surface area contributed by atoms with Crippen molar-refractivity contribution < 1.29 is 12.9 Å². The molecule has 1 aromatic heterocycles. The van der Waals surface area contributed by atoms with Crippen LogP contribution in [0.1, 0.15) is 24.8 Å². The van der Waals surface area contributed by atoms with Crippen molar-refractivity contribution >= 4 is 10.0 Å². The van der Waals surface area contributed by atoms with Gasteiger partial charge in [0.15, 0.2) is 0 Å². The Labute approximate surface area is 164 Å². The van der Waals surface area contributed by atoms with Crippen LogP contribution in [0.4, 0.5) is 0 Å². The molecular weight excluding hydrogens is 376 g/mol. The van der Waals surface area contributed by atoms with Crippen LogP contribution in [0.3, 0.4) is 0 Å². The van der Waals surface area contributed by atoms with Crippen LogP contribution in [0.5, 0.6) is 0 Å². The molecule has 1 aliphatic heterocycles. The van der Waals surface area contributed by atoms with Crippen molar-refractivity contribution in [3.05, 3.63) is 54.1 Å². The quantitative estimate of drug-likeness (QED) is 0.709. The van der Waals surface area contributed by atoms with Gasteiger partial charge in [-0.1, -0.05) is 35.8 Å². The van der Waals surface area contributed by atoms with Gasteiger partial charge in [-0.05, 0) is 42.7 Å². The maximum atomic E-state index is 12.7. The second-order valence-corrected chi connectivity index (χ2v) is 8.75. The van der Waals surface area contributed by atoms with E-state index >= 15 is 0 Å². The Morgan fingerprint density at radius 2 is 1.57 bits per heavy atom. The monoisotopic (exact) mass is 398 g/mol. The predicted molar refractivity (Wildman–Crippen MR) is 106 cm³/mol. The molecule has 0 saturated carbocycles. The summed E-state index contributed by atoms with van der Waals surface area (Å²) in [5.41, 5.74) is 8.15. The topological polar surface area (TPSA) is 102 Å². The summed E-state index contributed by atoms with van der Waals surface area (Å²) in [7, 11) is -3.45. The molecule has 8 heteroatoms. The zero-order valence-electron chi connectivity index (χ0n) is 15.4. The van der Waals surface area contributed by atoms with E-state index in [-0.39, 0.29) is 4.90 Å². The van der Waals surface area contributed by atoms with Crippen molar-refractivity contribution in [3.63, 3.8) is 0 Å². The van der Waals surface area contributed by atoms with Gasteiger partial charge in [-0.25, -0.2) is 8.42 Å². The van der Waals surface area contributed by atoms with Crippen LogP contribution in [-0.4, -0.2) is 36.0 Å². The van der Waals surface area contributed by atoms with Gasteiger partial charge in [-0.2, -0.15) is 9.29 Å². The normalized spacial score (nSPS) is 15.6. The molecule has 28 heavy (non-hydrogen) atoms. The fraction of sp³-hybridized carbons (Fsp3) is 0.300.